The van der Waals surface area contributed by atoms with Crippen molar-refractivity contribution >= 4 is 29.7 Å². The SMILES string of the molecule is C=C(C)C(=O)OCc1cc(CCCOc2ccc(CCCCCC)cc2)ccc1-c1ccc(OCC(COC(=O)C(=C)C)(COC(=O)C(=C)C)COC(=O)C(=O)CCOC)cc1. The van der Waals surface area contributed by atoms with Gasteiger partial charge in [0, 0.05) is 30.2 Å². The second-order valence-corrected chi connectivity index (χ2v) is 15.5. The van der Waals surface area contributed by atoms with Gasteiger partial charge in [-0.15, -0.1) is 0 Å². The summed E-state index contributed by atoms with van der Waals surface area (Å²) in [6.07, 6.45) is 7.32. The molecule has 0 aliphatic heterocycles. The Balaban J connectivity index is 1.79. The van der Waals surface area contributed by atoms with E-state index in [2.05, 4.69) is 38.8 Å². The van der Waals surface area contributed by atoms with Crippen LogP contribution in [0.5, 0.6) is 11.5 Å². The van der Waals surface area contributed by atoms with Gasteiger partial charge in [0.1, 0.15) is 49.9 Å². The molecule has 3 aromatic carbocycles. The highest BCUT2D eigenvalue weighted by molar-refractivity contribution is 6.33. The van der Waals surface area contributed by atoms with Crippen LogP contribution in [0.4, 0.5) is 0 Å². The van der Waals surface area contributed by atoms with Crippen LogP contribution in [-0.4, -0.2) is 76.4 Å². The zero-order chi connectivity index (χ0) is 45.5. The molecule has 0 fully saturated rings. The van der Waals surface area contributed by atoms with E-state index in [-0.39, 0.29) is 37.4 Å². The van der Waals surface area contributed by atoms with Crippen molar-refractivity contribution in [3.05, 3.63) is 120 Å². The summed E-state index contributed by atoms with van der Waals surface area (Å²) in [4.78, 5) is 62.3. The van der Waals surface area contributed by atoms with Gasteiger partial charge in [-0.05, 0) is 98.5 Å². The molecule has 0 atom stereocenters. The van der Waals surface area contributed by atoms with E-state index in [9.17, 15) is 24.0 Å². The van der Waals surface area contributed by atoms with Crippen molar-refractivity contribution in [2.75, 3.05) is 46.8 Å². The number of hydrogen-bond acceptors (Lipinski definition) is 12. The summed E-state index contributed by atoms with van der Waals surface area (Å²) in [6.45, 7) is 16.6. The number of ketones is 1. The smallest absolute Gasteiger partial charge is 0.374 e. The van der Waals surface area contributed by atoms with Crippen LogP contribution in [0.2, 0.25) is 0 Å². The maximum absolute atomic E-state index is 12.6. The fraction of sp³-hybridized carbons (Fsp3) is 0.420. The van der Waals surface area contributed by atoms with Gasteiger partial charge in [-0.2, -0.15) is 0 Å². The molecular weight excluding hydrogens is 793 g/mol. The second kappa shape index (κ2) is 26.4. The van der Waals surface area contributed by atoms with Crippen LogP contribution in [0.3, 0.4) is 0 Å². The zero-order valence-corrected chi connectivity index (χ0v) is 37.0. The van der Waals surface area contributed by atoms with Crippen LogP contribution in [0.25, 0.3) is 11.1 Å². The zero-order valence-electron chi connectivity index (χ0n) is 37.0. The van der Waals surface area contributed by atoms with Crippen LogP contribution >= 0.6 is 0 Å². The molecule has 0 radical (unpaired) electrons. The van der Waals surface area contributed by atoms with E-state index < -0.39 is 54.9 Å². The fourth-order valence-corrected chi connectivity index (χ4v) is 5.94. The number of unbranched alkanes of at least 4 members (excludes halogenated alkanes) is 3. The van der Waals surface area contributed by atoms with E-state index in [0.29, 0.717) is 17.9 Å². The van der Waals surface area contributed by atoms with E-state index in [0.717, 1.165) is 47.3 Å². The van der Waals surface area contributed by atoms with Crippen LogP contribution < -0.4 is 9.47 Å². The van der Waals surface area contributed by atoms with Crippen molar-refractivity contribution in [2.24, 2.45) is 5.41 Å². The van der Waals surface area contributed by atoms with Gasteiger partial charge >= 0.3 is 23.9 Å². The molecule has 0 aliphatic rings. The van der Waals surface area contributed by atoms with Gasteiger partial charge in [0.05, 0.1) is 13.2 Å². The Bertz CT molecular complexity index is 1960. The molecule has 0 heterocycles. The Kier molecular flexibility index (Phi) is 21.4. The molecule has 3 aromatic rings. The normalized spacial score (nSPS) is 10.9. The molecule has 0 saturated carbocycles. The monoisotopic (exact) mass is 854 g/mol. The first-order valence-electron chi connectivity index (χ1n) is 20.9. The standard InChI is InChI=1S/C50H62O12/c1-9-10-11-12-14-38-16-21-42(22-17-38)57-27-13-15-39-18-25-44(41(29-39)30-58-46(52)35(2)3)40-19-23-43(24-20-40)59-31-50(32-60-47(53)36(4)5,33-61-48(54)37(6)7)34-62-49(55)45(51)26-28-56-8/h16-25,29H,2,4,6,9-15,26-28,30-34H2,1,3,5,7-8H3. The molecule has 12 nitrogen and oxygen atoms in total. The molecular formula is C50H62O12. The topological polar surface area (TPSA) is 150 Å². The van der Waals surface area contributed by atoms with Crippen molar-refractivity contribution in [3.63, 3.8) is 0 Å². The molecule has 0 aromatic heterocycles. The summed E-state index contributed by atoms with van der Waals surface area (Å²) in [7, 11) is 1.39. The van der Waals surface area contributed by atoms with Crippen molar-refractivity contribution in [3.8, 4) is 22.6 Å². The Morgan fingerprint density at radius 2 is 1.10 bits per heavy atom. The third kappa shape index (κ3) is 17.5. The predicted octanol–water partition coefficient (Wildman–Crippen LogP) is 8.86. The van der Waals surface area contributed by atoms with Crippen molar-refractivity contribution in [1.29, 1.82) is 0 Å². The van der Waals surface area contributed by atoms with Gasteiger partial charge in [0.25, 0.3) is 0 Å². The van der Waals surface area contributed by atoms with Crippen molar-refractivity contribution in [1.82, 2.24) is 0 Å². The lowest BCUT2D eigenvalue weighted by Crippen LogP contribution is -2.45. The molecule has 0 N–H and O–H groups in total. The summed E-state index contributed by atoms with van der Waals surface area (Å²) in [5.74, 6) is -2.69. The Morgan fingerprint density at radius 3 is 1.68 bits per heavy atom. The highest BCUT2D eigenvalue weighted by Gasteiger charge is 2.38. The van der Waals surface area contributed by atoms with Gasteiger partial charge in [-0.1, -0.05) is 88.4 Å². The Morgan fingerprint density at radius 1 is 0.565 bits per heavy atom. The van der Waals surface area contributed by atoms with Gasteiger partial charge in [-0.25, -0.2) is 19.2 Å². The number of carbonyl (C=O) groups is 5. The summed E-state index contributed by atoms with van der Waals surface area (Å²) in [5.41, 5.74) is 3.87. The van der Waals surface area contributed by atoms with E-state index in [1.807, 2.05) is 42.5 Å². The molecule has 0 spiro atoms. The number of benzene rings is 3. The number of methoxy groups -OCH3 is 1. The lowest BCUT2D eigenvalue weighted by atomic mass is 9.92. The largest absolute Gasteiger partial charge is 0.494 e. The van der Waals surface area contributed by atoms with Crippen LogP contribution in [0.1, 0.15) is 82.9 Å². The minimum Gasteiger partial charge on any atom is -0.494 e. The summed E-state index contributed by atoms with van der Waals surface area (Å²) >= 11 is 0. The minimum absolute atomic E-state index is 0.0144. The number of rotatable bonds is 29. The predicted molar refractivity (Wildman–Crippen MR) is 237 cm³/mol. The lowest BCUT2D eigenvalue weighted by molar-refractivity contribution is -0.165. The minimum atomic E-state index is -1.45. The number of ether oxygens (including phenoxy) is 7. The molecule has 0 saturated heterocycles. The second-order valence-electron chi connectivity index (χ2n) is 15.5. The molecule has 0 bridgehead atoms. The Labute approximate surface area is 366 Å². The summed E-state index contributed by atoms with van der Waals surface area (Å²) < 4.78 is 39.0. The van der Waals surface area contributed by atoms with E-state index in [4.69, 9.17) is 33.2 Å². The third-order valence-electron chi connectivity index (χ3n) is 9.69. The van der Waals surface area contributed by atoms with Crippen LogP contribution in [0.15, 0.2) is 103 Å². The third-order valence-corrected chi connectivity index (χ3v) is 9.69. The number of hydrogen-bond donors (Lipinski definition) is 0. The van der Waals surface area contributed by atoms with Gasteiger partial charge in [0.2, 0.25) is 5.78 Å². The number of carbonyl (C=O) groups excluding carboxylic acids is 5. The van der Waals surface area contributed by atoms with E-state index >= 15 is 0 Å². The molecule has 0 amide bonds. The molecule has 334 valence electrons. The van der Waals surface area contributed by atoms with Gasteiger partial charge in [-0.3, -0.25) is 4.79 Å². The highest BCUT2D eigenvalue weighted by atomic mass is 16.6. The van der Waals surface area contributed by atoms with Crippen LogP contribution in [-0.2, 0) is 67.1 Å². The maximum Gasteiger partial charge on any atom is 0.374 e. The highest BCUT2D eigenvalue weighted by Crippen LogP contribution is 2.30. The number of Topliss-reactive ketones (excluding diaryl/α,β-unsaturated/α-hetero) is 1. The first kappa shape index (κ1) is 50.3. The van der Waals surface area contributed by atoms with Gasteiger partial charge < -0.3 is 33.2 Å². The molecule has 0 unspecified atom stereocenters. The summed E-state index contributed by atoms with van der Waals surface area (Å²) in [5, 5.41) is 0. The van der Waals surface area contributed by atoms with E-state index in [1.165, 1.54) is 52.2 Å². The lowest BCUT2D eigenvalue weighted by Gasteiger charge is -2.32. The summed E-state index contributed by atoms with van der Waals surface area (Å²) in [6, 6.07) is 21.5. The maximum atomic E-state index is 12.6. The average molecular weight is 855 g/mol. The quantitative estimate of drug-likeness (QED) is 0.0216. The van der Waals surface area contributed by atoms with Crippen molar-refractivity contribution in [2.45, 2.75) is 85.7 Å². The number of esters is 4. The molecule has 0 aliphatic carbocycles. The Hall–Kier alpha value is -6.01. The van der Waals surface area contributed by atoms with Gasteiger partial charge in [0.15, 0.2) is 0 Å². The first-order chi connectivity index (χ1) is 29.7. The fourth-order valence-electron chi connectivity index (χ4n) is 5.94. The van der Waals surface area contributed by atoms with Crippen LogP contribution in [0, 0.1) is 5.41 Å². The first-order valence-corrected chi connectivity index (χ1v) is 20.9. The average Bonchev–Trinajstić information content (AvgIpc) is 3.27. The van der Waals surface area contributed by atoms with E-state index in [1.54, 1.807) is 19.1 Å². The molecule has 12 heteroatoms. The number of aryl methyl sites for hydroxylation is 2. The molecule has 62 heavy (non-hydrogen) atoms. The van der Waals surface area contributed by atoms with Crippen molar-refractivity contribution < 1.29 is 57.1 Å². The molecule has 3 rings (SSSR count).